The Morgan fingerprint density at radius 2 is 1.95 bits per heavy atom. The zero-order chi connectivity index (χ0) is 13.5. The van der Waals surface area contributed by atoms with Crippen molar-refractivity contribution in [1.29, 1.82) is 0 Å². The Morgan fingerprint density at radius 1 is 1.16 bits per heavy atom. The minimum atomic E-state index is 0.459. The number of hydrogen-bond donors (Lipinski definition) is 0. The molecule has 0 N–H and O–H groups in total. The van der Waals surface area contributed by atoms with Gasteiger partial charge >= 0.3 is 0 Å². The van der Waals surface area contributed by atoms with Crippen LogP contribution in [-0.2, 0) is 5.88 Å². The monoisotopic (exact) mass is 282 g/mol. The zero-order valence-corrected chi connectivity index (χ0v) is 12.4. The maximum absolute atomic E-state index is 6.04. The summed E-state index contributed by atoms with van der Waals surface area (Å²) in [5.41, 5.74) is 1.02. The third kappa shape index (κ3) is 4.04. The van der Waals surface area contributed by atoms with E-state index < -0.39 is 0 Å². The molecule has 1 aromatic carbocycles. The van der Waals surface area contributed by atoms with E-state index in [-0.39, 0.29) is 0 Å². The van der Waals surface area contributed by atoms with Gasteiger partial charge in [0.1, 0.15) is 0 Å². The van der Waals surface area contributed by atoms with Crippen molar-refractivity contribution < 1.29 is 9.47 Å². The van der Waals surface area contributed by atoms with E-state index in [2.05, 4.69) is 0 Å². The molecule has 0 unspecified atom stereocenters. The fourth-order valence-electron chi connectivity index (χ4n) is 2.65. The Bertz CT molecular complexity index is 386. The van der Waals surface area contributed by atoms with Gasteiger partial charge in [0.15, 0.2) is 11.5 Å². The molecule has 106 valence electrons. The predicted octanol–water partition coefficient (Wildman–Crippen LogP) is 4.78. The quantitative estimate of drug-likeness (QED) is 0.699. The first-order valence-electron chi connectivity index (χ1n) is 7.28. The van der Waals surface area contributed by atoms with Crippen LogP contribution in [0, 0.1) is 5.92 Å². The number of rotatable bonds is 6. The molecule has 0 amide bonds. The highest BCUT2D eigenvalue weighted by molar-refractivity contribution is 6.17. The van der Waals surface area contributed by atoms with Gasteiger partial charge in [0.2, 0.25) is 0 Å². The molecule has 1 saturated carbocycles. The van der Waals surface area contributed by atoms with E-state index in [1.54, 1.807) is 0 Å². The first-order valence-corrected chi connectivity index (χ1v) is 7.82. The Balaban J connectivity index is 2.03. The van der Waals surface area contributed by atoms with Crippen molar-refractivity contribution in [3.63, 3.8) is 0 Å². The number of para-hydroxylation sites is 1. The summed E-state index contributed by atoms with van der Waals surface area (Å²) in [5.74, 6) is 2.80. The van der Waals surface area contributed by atoms with Crippen molar-refractivity contribution in [3.05, 3.63) is 23.8 Å². The molecule has 0 radical (unpaired) electrons. The summed E-state index contributed by atoms with van der Waals surface area (Å²) in [6, 6.07) is 5.93. The van der Waals surface area contributed by atoms with Gasteiger partial charge in [-0.25, -0.2) is 0 Å². The molecule has 1 fully saturated rings. The van der Waals surface area contributed by atoms with Crippen molar-refractivity contribution in [2.45, 2.75) is 44.9 Å². The predicted molar refractivity (Wildman–Crippen MR) is 79.2 cm³/mol. The molecule has 1 aromatic rings. The smallest absolute Gasteiger partial charge is 0.165 e. The highest BCUT2D eigenvalue weighted by atomic mass is 35.5. The second-order valence-electron chi connectivity index (χ2n) is 5.13. The van der Waals surface area contributed by atoms with Crippen molar-refractivity contribution >= 4 is 11.6 Å². The summed E-state index contributed by atoms with van der Waals surface area (Å²) >= 11 is 5.99. The SMILES string of the molecule is CCOc1cccc(CCl)c1OCC1CCCCC1. The summed E-state index contributed by atoms with van der Waals surface area (Å²) in [6.45, 7) is 3.41. The molecule has 2 nitrogen and oxygen atoms in total. The van der Waals surface area contributed by atoms with Crippen LogP contribution in [0.2, 0.25) is 0 Å². The van der Waals surface area contributed by atoms with Gasteiger partial charge in [0.05, 0.1) is 19.1 Å². The van der Waals surface area contributed by atoms with Crippen molar-refractivity contribution in [2.75, 3.05) is 13.2 Å². The number of halogens is 1. The van der Waals surface area contributed by atoms with Gasteiger partial charge in [0, 0.05) is 5.56 Å². The van der Waals surface area contributed by atoms with Crippen LogP contribution in [0.25, 0.3) is 0 Å². The van der Waals surface area contributed by atoms with Gasteiger partial charge in [-0.05, 0) is 31.7 Å². The van der Waals surface area contributed by atoms with E-state index in [1.807, 2.05) is 25.1 Å². The lowest BCUT2D eigenvalue weighted by molar-refractivity contribution is 0.198. The number of ether oxygens (including phenoxy) is 2. The van der Waals surface area contributed by atoms with Crippen LogP contribution < -0.4 is 9.47 Å². The van der Waals surface area contributed by atoms with Crippen LogP contribution >= 0.6 is 11.6 Å². The molecular weight excluding hydrogens is 260 g/mol. The number of hydrogen-bond acceptors (Lipinski definition) is 2. The van der Waals surface area contributed by atoms with Gasteiger partial charge in [0.25, 0.3) is 0 Å². The maximum Gasteiger partial charge on any atom is 0.165 e. The largest absolute Gasteiger partial charge is 0.490 e. The molecule has 0 spiro atoms. The Morgan fingerprint density at radius 3 is 2.63 bits per heavy atom. The van der Waals surface area contributed by atoms with Crippen LogP contribution in [-0.4, -0.2) is 13.2 Å². The van der Waals surface area contributed by atoms with E-state index >= 15 is 0 Å². The minimum absolute atomic E-state index is 0.459. The summed E-state index contributed by atoms with van der Waals surface area (Å²) in [6.07, 6.45) is 6.62. The fourth-order valence-corrected chi connectivity index (χ4v) is 2.86. The second-order valence-corrected chi connectivity index (χ2v) is 5.39. The molecule has 19 heavy (non-hydrogen) atoms. The first kappa shape index (κ1) is 14.5. The van der Waals surface area contributed by atoms with Crippen molar-refractivity contribution in [1.82, 2.24) is 0 Å². The summed E-state index contributed by atoms with van der Waals surface area (Å²) in [7, 11) is 0. The van der Waals surface area contributed by atoms with Crippen LogP contribution in [0.1, 0.15) is 44.6 Å². The van der Waals surface area contributed by atoms with E-state index in [9.17, 15) is 0 Å². The number of alkyl halides is 1. The molecule has 1 aliphatic carbocycles. The van der Waals surface area contributed by atoms with Crippen LogP contribution in [0.3, 0.4) is 0 Å². The minimum Gasteiger partial charge on any atom is -0.490 e. The normalized spacial score (nSPS) is 16.3. The lowest BCUT2D eigenvalue weighted by atomic mass is 9.90. The highest BCUT2D eigenvalue weighted by Crippen LogP contribution is 2.34. The molecule has 1 aliphatic rings. The maximum atomic E-state index is 6.04. The molecule has 0 atom stereocenters. The summed E-state index contributed by atoms with van der Waals surface area (Å²) in [5, 5.41) is 0. The van der Waals surface area contributed by atoms with Crippen LogP contribution in [0.4, 0.5) is 0 Å². The molecule has 2 rings (SSSR count). The summed E-state index contributed by atoms with van der Waals surface area (Å²) in [4.78, 5) is 0. The van der Waals surface area contributed by atoms with E-state index in [4.69, 9.17) is 21.1 Å². The van der Waals surface area contributed by atoms with Crippen LogP contribution in [0.15, 0.2) is 18.2 Å². The fraction of sp³-hybridized carbons (Fsp3) is 0.625. The molecule has 0 saturated heterocycles. The van der Waals surface area contributed by atoms with E-state index in [0.717, 1.165) is 23.7 Å². The van der Waals surface area contributed by atoms with Crippen molar-refractivity contribution in [3.8, 4) is 11.5 Å². The third-order valence-electron chi connectivity index (χ3n) is 3.69. The lowest BCUT2D eigenvalue weighted by Gasteiger charge is -2.23. The zero-order valence-electron chi connectivity index (χ0n) is 11.7. The lowest BCUT2D eigenvalue weighted by Crippen LogP contribution is -2.16. The molecule has 0 bridgehead atoms. The summed E-state index contributed by atoms with van der Waals surface area (Å²) < 4.78 is 11.7. The van der Waals surface area contributed by atoms with Gasteiger partial charge in [-0.15, -0.1) is 11.6 Å². The average Bonchev–Trinajstić information content (AvgIpc) is 2.47. The van der Waals surface area contributed by atoms with E-state index in [0.29, 0.717) is 18.4 Å². The topological polar surface area (TPSA) is 18.5 Å². The van der Waals surface area contributed by atoms with Gasteiger partial charge in [-0.3, -0.25) is 0 Å². The molecular formula is C16H23ClO2. The average molecular weight is 283 g/mol. The number of benzene rings is 1. The molecule has 0 aromatic heterocycles. The van der Waals surface area contributed by atoms with Crippen LogP contribution in [0.5, 0.6) is 11.5 Å². The molecule has 0 heterocycles. The Kier molecular flexibility index (Phi) is 5.84. The highest BCUT2D eigenvalue weighted by Gasteiger charge is 2.16. The van der Waals surface area contributed by atoms with Gasteiger partial charge in [-0.1, -0.05) is 31.4 Å². The Labute approximate surface area is 121 Å². The van der Waals surface area contributed by atoms with Gasteiger partial charge < -0.3 is 9.47 Å². The van der Waals surface area contributed by atoms with Crippen molar-refractivity contribution in [2.24, 2.45) is 5.92 Å². The third-order valence-corrected chi connectivity index (χ3v) is 3.98. The molecule has 0 aliphatic heterocycles. The molecule has 3 heteroatoms. The van der Waals surface area contributed by atoms with Gasteiger partial charge in [-0.2, -0.15) is 0 Å². The standard InChI is InChI=1S/C16H23ClO2/c1-2-18-15-10-6-9-14(11-17)16(15)19-12-13-7-4-3-5-8-13/h6,9-10,13H,2-5,7-8,11-12H2,1H3. The Hall–Kier alpha value is -0.890. The van der Waals surface area contributed by atoms with E-state index in [1.165, 1.54) is 32.1 Å². The first-order chi connectivity index (χ1) is 9.35. The second kappa shape index (κ2) is 7.64.